The van der Waals surface area contributed by atoms with Gasteiger partial charge in [-0.2, -0.15) is 0 Å². The van der Waals surface area contributed by atoms with Gasteiger partial charge in [-0.3, -0.25) is 9.59 Å². The fourth-order valence-electron chi connectivity index (χ4n) is 3.00. The molecule has 0 saturated carbocycles. The zero-order valence-corrected chi connectivity index (χ0v) is 13.8. The minimum atomic E-state index is -0.675. The molecule has 0 amide bonds. The van der Waals surface area contributed by atoms with Gasteiger partial charge in [0.05, 0.1) is 0 Å². The third kappa shape index (κ3) is 3.65. The molecule has 0 saturated heterocycles. The number of hydrogen-bond acceptors (Lipinski definition) is 4. The van der Waals surface area contributed by atoms with Gasteiger partial charge in [-0.1, -0.05) is 48.5 Å². The van der Waals surface area contributed by atoms with Gasteiger partial charge in [0.25, 0.3) is 0 Å². The minimum Gasteiger partial charge on any atom is -0.453 e. The van der Waals surface area contributed by atoms with E-state index in [-0.39, 0.29) is 0 Å². The molecule has 4 aliphatic carbocycles. The maximum absolute atomic E-state index is 11.6. The normalized spacial score (nSPS) is 19.2. The quantitative estimate of drug-likeness (QED) is 0.791. The van der Waals surface area contributed by atoms with Crippen molar-refractivity contribution >= 4 is 11.9 Å². The molecule has 4 bridgehead atoms. The molecule has 24 heavy (non-hydrogen) atoms. The molecule has 124 valence electrons. The Balaban J connectivity index is 2.11. The Hall–Kier alpha value is -2.62. The Morgan fingerprint density at radius 3 is 1.33 bits per heavy atom. The fraction of sp³-hybridized carbons (Fsp3) is 0.300. The smallest absolute Gasteiger partial charge is 0.303 e. The van der Waals surface area contributed by atoms with E-state index in [0.29, 0.717) is 0 Å². The first-order valence-electron chi connectivity index (χ1n) is 8.05. The number of rotatable bonds is 2. The van der Waals surface area contributed by atoms with Gasteiger partial charge >= 0.3 is 11.9 Å². The van der Waals surface area contributed by atoms with E-state index in [4.69, 9.17) is 9.47 Å². The minimum absolute atomic E-state index is 0.412. The first-order valence-corrected chi connectivity index (χ1v) is 8.05. The van der Waals surface area contributed by atoms with Crippen LogP contribution in [0.25, 0.3) is 0 Å². The van der Waals surface area contributed by atoms with Crippen LogP contribution < -0.4 is 0 Å². The summed E-state index contributed by atoms with van der Waals surface area (Å²) in [7, 11) is 0. The van der Waals surface area contributed by atoms with Crippen LogP contribution in [0.4, 0.5) is 0 Å². The van der Waals surface area contributed by atoms with Crippen LogP contribution in [0, 0.1) is 0 Å². The SMILES string of the molecule is CC(=O)O[C@@H]1c2ccc(cc2)CCc2ccc(cc2)[C@@H]1OC(C)=O. The second kappa shape index (κ2) is 6.87. The highest BCUT2D eigenvalue weighted by Crippen LogP contribution is 2.36. The number of ether oxygens (including phenoxy) is 2. The molecule has 4 nitrogen and oxygen atoms in total. The molecule has 6 rings (SSSR count). The predicted octanol–water partition coefficient (Wildman–Crippen LogP) is 3.69. The summed E-state index contributed by atoms with van der Waals surface area (Å²) in [5, 5.41) is 0. The number of esters is 2. The maximum atomic E-state index is 11.6. The summed E-state index contributed by atoms with van der Waals surface area (Å²) in [6, 6.07) is 15.9. The maximum Gasteiger partial charge on any atom is 0.303 e. The summed E-state index contributed by atoms with van der Waals surface area (Å²) in [5.41, 5.74) is 4.05. The van der Waals surface area contributed by atoms with Gasteiger partial charge in [0.1, 0.15) is 0 Å². The molecule has 0 spiro atoms. The van der Waals surface area contributed by atoms with Crippen molar-refractivity contribution in [1.29, 1.82) is 0 Å². The highest BCUT2D eigenvalue weighted by Gasteiger charge is 2.30. The van der Waals surface area contributed by atoms with Crippen molar-refractivity contribution in [2.45, 2.75) is 38.9 Å². The molecule has 2 aromatic rings. The van der Waals surface area contributed by atoms with Crippen LogP contribution in [0.3, 0.4) is 0 Å². The summed E-state index contributed by atoms with van der Waals surface area (Å²) >= 11 is 0. The molecule has 2 atom stereocenters. The van der Waals surface area contributed by atoms with E-state index in [0.717, 1.165) is 24.0 Å². The van der Waals surface area contributed by atoms with E-state index in [1.54, 1.807) is 0 Å². The predicted molar refractivity (Wildman–Crippen MR) is 89.3 cm³/mol. The standard InChI is InChI=1S/C20H20O4/c1-13(21)23-19-17-9-5-15(6-10-17)3-4-16-7-11-18(12-8-16)20(19)24-14(2)22/h5-12,19-20H,3-4H2,1-2H3/t19-,20+. The Morgan fingerprint density at radius 2 is 1.04 bits per heavy atom. The van der Waals surface area contributed by atoms with E-state index in [1.807, 2.05) is 48.5 Å². The molecule has 0 heterocycles. The number of aryl methyl sites for hydroxylation is 2. The second-order valence-corrected chi connectivity index (χ2v) is 6.04. The Labute approximate surface area is 141 Å². The van der Waals surface area contributed by atoms with Crippen molar-refractivity contribution in [1.82, 2.24) is 0 Å². The zero-order valence-electron chi connectivity index (χ0n) is 13.8. The summed E-state index contributed by atoms with van der Waals surface area (Å²) < 4.78 is 11.1. The average Bonchev–Trinajstić information content (AvgIpc) is 2.56. The molecular weight excluding hydrogens is 304 g/mol. The van der Waals surface area contributed by atoms with Crippen LogP contribution in [0.5, 0.6) is 0 Å². The van der Waals surface area contributed by atoms with Gasteiger partial charge in [-0.25, -0.2) is 0 Å². The molecule has 0 aromatic heterocycles. The molecule has 0 aliphatic heterocycles. The van der Waals surface area contributed by atoms with Crippen LogP contribution in [-0.4, -0.2) is 11.9 Å². The summed E-state index contributed by atoms with van der Waals surface area (Å²) in [4.78, 5) is 23.2. The average molecular weight is 324 g/mol. The number of hydrogen-bond donors (Lipinski definition) is 0. The fourth-order valence-corrected chi connectivity index (χ4v) is 3.00. The topological polar surface area (TPSA) is 52.6 Å². The zero-order chi connectivity index (χ0) is 17.1. The second-order valence-electron chi connectivity index (χ2n) is 6.04. The Bertz CT molecular complexity index is 666. The summed E-state index contributed by atoms with van der Waals surface area (Å²) in [6.45, 7) is 2.72. The van der Waals surface area contributed by atoms with Crippen molar-refractivity contribution in [3.8, 4) is 0 Å². The Morgan fingerprint density at radius 1 is 0.708 bits per heavy atom. The molecule has 0 fully saturated rings. The van der Waals surface area contributed by atoms with Gasteiger partial charge < -0.3 is 9.47 Å². The van der Waals surface area contributed by atoms with Crippen molar-refractivity contribution in [2.75, 3.05) is 0 Å². The van der Waals surface area contributed by atoms with Gasteiger partial charge in [0.2, 0.25) is 0 Å². The van der Waals surface area contributed by atoms with Crippen molar-refractivity contribution in [3.05, 3.63) is 70.8 Å². The highest BCUT2D eigenvalue weighted by atomic mass is 16.6. The number of carbonyl (C=O) groups excluding carboxylic acids is 2. The van der Waals surface area contributed by atoms with Crippen LogP contribution in [0.2, 0.25) is 0 Å². The van der Waals surface area contributed by atoms with E-state index in [1.165, 1.54) is 25.0 Å². The monoisotopic (exact) mass is 324 g/mol. The number of carbonyl (C=O) groups is 2. The third-order valence-corrected chi connectivity index (χ3v) is 4.18. The molecule has 0 N–H and O–H groups in total. The lowest BCUT2D eigenvalue weighted by molar-refractivity contribution is -0.166. The summed E-state index contributed by atoms with van der Waals surface area (Å²) in [5.74, 6) is -0.824. The van der Waals surface area contributed by atoms with E-state index >= 15 is 0 Å². The Kier molecular flexibility index (Phi) is 4.65. The lowest BCUT2D eigenvalue weighted by Gasteiger charge is -2.27. The van der Waals surface area contributed by atoms with Gasteiger partial charge in [0, 0.05) is 13.8 Å². The van der Waals surface area contributed by atoms with Gasteiger partial charge in [-0.15, -0.1) is 0 Å². The molecule has 4 heteroatoms. The molecule has 4 aliphatic rings. The highest BCUT2D eigenvalue weighted by molar-refractivity contribution is 5.68. The van der Waals surface area contributed by atoms with Crippen molar-refractivity contribution in [3.63, 3.8) is 0 Å². The third-order valence-electron chi connectivity index (χ3n) is 4.18. The lowest BCUT2D eigenvalue weighted by atomic mass is 9.93. The molecular formula is C20H20O4. The first kappa shape index (κ1) is 16.2. The van der Waals surface area contributed by atoms with Gasteiger partial charge in [-0.05, 0) is 35.1 Å². The van der Waals surface area contributed by atoms with Crippen LogP contribution in [-0.2, 0) is 31.9 Å². The van der Waals surface area contributed by atoms with E-state index in [9.17, 15) is 9.59 Å². The molecule has 2 aromatic carbocycles. The molecule has 0 unspecified atom stereocenters. The lowest BCUT2D eigenvalue weighted by Crippen LogP contribution is -2.22. The van der Waals surface area contributed by atoms with Crippen LogP contribution in [0.15, 0.2) is 48.5 Å². The molecule has 0 radical (unpaired) electrons. The largest absolute Gasteiger partial charge is 0.453 e. The van der Waals surface area contributed by atoms with Crippen LogP contribution in [0.1, 0.15) is 48.3 Å². The number of benzene rings is 2. The van der Waals surface area contributed by atoms with E-state index in [2.05, 4.69) is 0 Å². The van der Waals surface area contributed by atoms with Crippen LogP contribution >= 0.6 is 0 Å². The van der Waals surface area contributed by atoms with Crippen molar-refractivity contribution in [2.24, 2.45) is 0 Å². The summed E-state index contributed by atoms with van der Waals surface area (Å²) in [6.07, 6.45) is 0.549. The van der Waals surface area contributed by atoms with Crippen molar-refractivity contribution < 1.29 is 19.1 Å². The van der Waals surface area contributed by atoms with E-state index < -0.39 is 24.1 Å². The first-order chi connectivity index (χ1) is 11.5. The van der Waals surface area contributed by atoms with Gasteiger partial charge in [0.15, 0.2) is 12.2 Å².